The Balaban J connectivity index is 2.51. The first-order valence-electron chi connectivity index (χ1n) is 5.41. The van der Waals surface area contributed by atoms with Crippen LogP contribution in [0.4, 0.5) is 0 Å². The van der Waals surface area contributed by atoms with Crippen LogP contribution in [0.2, 0.25) is 0 Å². The molecule has 1 heterocycles. The summed E-state index contributed by atoms with van der Waals surface area (Å²) in [5.41, 5.74) is 0.770. The standard InChI is InChI=1S/C12H11NO6S/c1-18-9-5-7(3-4-11(9)20(2,16)17)8-6-10(12(14)15)19-13-8/h3-6H,1-2H3,(H,14,15). The molecular formula is C12H11NO6S. The monoisotopic (exact) mass is 297 g/mol. The minimum Gasteiger partial charge on any atom is -0.495 e. The zero-order valence-electron chi connectivity index (χ0n) is 10.7. The average molecular weight is 297 g/mol. The van der Waals surface area contributed by atoms with Gasteiger partial charge in [-0.15, -0.1) is 0 Å². The molecule has 0 aliphatic carbocycles. The van der Waals surface area contributed by atoms with E-state index in [1.807, 2.05) is 0 Å². The Morgan fingerprint density at radius 3 is 2.55 bits per heavy atom. The molecule has 0 amide bonds. The van der Waals surface area contributed by atoms with Crippen molar-refractivity contribution in [3.8, 4) is 17.0 Å². The SMILES string of the molecule is COc1cc(-c2cc(C(=O)O)on2)ccc1S(C)(=O)=O. The zero-order valence-corrected chi connectivity index (χ0v) is 11.5. The second-order valence-electron chi connectivity index (χ2n) is 4.02. The van der Waals surface area contributed by atoms with E-state index in [1.54, 1.807) is 0 Å². The number of sulfone groups is 1. The summed E-state index contributed by atoms with van der Waals surface area (Å²) in [5, 5.41) is 12.4. The Morgan fingerprint density at radius 1 is 1.35 bits per heavy atom. The van der Waals surface area contributed by atoms with Gasteiger partial charge < -0.3 is 14.4 Å². The van der Waals surface area contributed by atoms with Gasteiger partial charge >= 0.3 is 5.97 Å². The van der Waals surface area contributed by atoms with Gasteiger partial charge in [-0.25, -0.2) is 13.2 Å². The van der Waals surface area contributed by atoms with E-state index in [4.69, 9.17) is 9.84 Å². The summed E-state index contributed by atoms with van der Waals surface area (Å²) in [6, 6.07) is 5.58. The predicted molar refractivity (Wildman–Crippen MR) is 68.6 cm³/mol. The summed E-state index contributed by atoms with van der Waals surface area (Å²) >= 11 is 0. The highest BCUT2D eigenvalue weighted by Gasteiger charge is 2.17. The highest BCUT2D eigenvalue weighted by Crippen LogP contribution is 2.29. The van der Waals surface area contributed by atoms with E-state index >= 15 is 0 Å². The molecule has 8 heteroatoms. The van der Waals surface area contributed by atoms with Crippen molar-refractivity contribution in [2.45, 2.75) is 4.90 Å². The zero-order chi connectivity index (χ0) is 14.9. The fourth-order valence-electron chi connectivity index (χ4n) is 1.65. The first-order chi connectivity index (χ1) is 9.32. The molecule has 7 nitrogen and oxygen atoms in total. The van der Waals surface area contributed by atoms with Crippen LogP contribution < -0.4 is 4.74 Å². The van der Waals surface area contributed by atoms with Gasteiger partial charge in [-0.2, -0.15) is 0 Å². The Bertz CT molecular complexity index is 762. The molecule has 2 aromatic rings. The average Bonchev–Trinajstić information content (AvgIpc) is 2.86. The Labute approximate surface area is 114 Å². The number of carbonyl (C=O) groups is 1. The first-order valence-corrected chi connectivity index (χ1v) is 7.30. The van der Waals surface area contributed by atoms with Gasteiger partial charge in [0, 0.05) is 17.9 Å². The fourth-order valence-corrected chi connectivity index (χ4v) is 2.47. The van der Waals surface area contributed by atoms with E-state index in [1.165, 1.54) is 31.4 Å². The van der Waals surface area contributed by atoms with Crippen LogP contribution in [-0.4, -0.2) is 38.0 Å². The van der Waals surface area contributed by atoms with Gasteiger partial charge in [-0.3, -0.25) is 0 Å². The molecule has 0 aliphatic rings. The molecule has 0 saturated carbocycles. The molecular weight excluding hydrogens is 286 g/mol. The van der Waals surface area contributed by atoms with E-state index in [0.29, 0.717) is 5.56 Å². The molecule has 2 rings (SSSR count). The minimum atomic E-state index is -3.42. The van der Waals surface area contributed by atoms with Gasteiger partial charge in [-0.05, 0) is 12.1 Å². The van der Waals surface area contributed by atoms with Gasteiger partial charge in [0.1, 0.15) is 16.3 Å². The van der Waals surface area contributed by atoms with Crippen LogP contribution in [0.1, 0.15) is 10.6 Å². The van der Waals surface area contributed by atoms with E-state index in [-0.39, 0.29) is 22.1 Å². The highest BCUT2D eigenvalue weighted by molar-refractivity contribution is 7.90. The molecule has 0 atom stereocenters. The predicted octanol–water partition coefficient (Wildman–Crippen LogP) is 1.45. The number of benzene rings is 1. The lowest BCUT2D eigenvalue weighted by Gasteiger charge is -2.07. The van der Waals surface area contributed by atoms with Crippen LogP contribution in [0.3, 0.4) is 0 Å². The molecule has 1 aromatic carbocycles. The molecule has 0 saturated heterocycles. The number of nitrogens with zero attached hydrogens (tertiary/aromatic N) is 1. The van der Waals surface area contributed by atoms with Crippen LogP contribution in [0.5, 0.6) is 5.75 Å². The van der Waals surface area contributed by atoms with Crippen molar-refractivity contribution in [1.82, 2.24) is 5.16 Å². The summed E-state index contributed by atoms with van der Waals surface area (Å²) in [5.74, 6) is -1.38. The Hall–Kier alpha value is -2.35. The summed E-state index contributed by atoms with van der Waals surface area (Å²) < 4.78 is 32.8. The molecule has 0 radical (unpaired) electrons. The maximum Gasteiger partial charge on any atom is 0.374 e. The summed E-state index contributed by atoms with van der Waals surface area (Å²) in [4.78, 5) is 10.8. The first kappa shape index (κ1) is 14.1. The Kier molecular flexibility index (Phi) is 3.49. The van der Waals surface area contributed by atoms with Crippen LogP contribution in [0.25, 0.3) is 11.3 Å². The van der Waals surface area contributed by atoms with E-state index in [2.05, 4.69) is 9.68 Å². The number of aromatic carboxylic acids is 1. The number of carboxylic acid groups (broad SMARTS) is 1. The van der Waals surface area contributed by atoms with Gasteiger partial charge in [0.05, 0.1) is 7.11 Å². The van der Waals surface area contributed by atoms with Crippen molar-refractivity contribution in [2.24, 2.45) is 0 Å². The third kappa shape index (κ3) is 2.64. The molecule has 106 valence electrons. The number of hydrogen-bond acceptors (Lipinski definition) is 6. The largest absolute Gasteiger partial charge is 0.495 e. The van der Waals surface area contributed by atoms with Crippen molar-refractivity contribution >= 4 is 15.8 Å². The molecule has 1 N–H and O–H groups in total. The van der Waals surface area contributed by atoms with Crippen molar-refractivity contribution in [2.75, 3.05) is 13.4 Å². The molecule has 1 aromatic heterocycles. The van der Waals surface area contributed by atoms with Gasteiger partial charge in [0.2, 0.25) is 5.76 Å². The van der Waals surface area contributed by atoms with Crippen molar-refractivity contribution in [1.29, 1.82) is 0 Å². The number of ether oxygens (including phenoxy) is 1. The van der Waals surface area contributed by atoms with Gasteiger partial charge in [0.15, 0.2) is 9.84 Å². The number of carboxylic acids is 1. The molecule has 0 unspecified atom stereocenters. The lowest BCUT2D eigenvalue weighted by atomic mass is 10.1. The van der Waals surface area contributed by atoms with E-state index in [0.717, 1.165) is 6.26 Å². The van der Waals surface area contributed by atoms with Crippen molar-refractivity contribution < 1.29 is 27.6 Å². The van der Waals surface area contributed by atoms with Crippen LogP contribution in [0.15, 0.2) is 33.7 Å². The van der Waals surface area contributed by atoms with E-state index < -0.39 is 15.8 Å². The molecule has 20 heavy (non-hydrogen) atoms. The van der Waals surface area contributed by atoms with Crippen LogP contribution >= 0.6 is 0 Å². The summed E-state index contributed by atoms with van der Waals surface area (Å²) in [6.45, 7) is 0. The van der Waals surface area contributed by atoms with E-state index in [9.17, 15) is 13.2 Å². The van der Waals surface area contributed by atoms with Crippen LogP contribution in [-0.2, 0) is 9.84 Å². The topological polar surface area (TPSA) is 107 Å². The lowest BCUT2D eigenvalue weighted by molar-refractivity contribution is 0.0652. The second-order valence-corrected chi connectivity index (χ2v) is 6.00. The van der Waals surface area contributed by atoms with Crippen molar-refractivity contribution in [3.63, 3.8) is 0 Å². The number of methoxy groups -OCH3 is 1. The Morgan fingerprint density at radius 2 is 2.05 bits per heavy atom. The summed E-state index contributed by atoms with van der Waals surface area (Å²) in [7, 11) is -2.07. The number of aromatic nitrogens is 1. The quantitative estimate of drug-likeness (QED) is 0.910. The molecule has 0 fully saturated rings. The van der Waals surface area contributed by atoms with Gasteiger partial charge in [0.25, 0.3) is 0 Å². The molecule has 0 aliphatic heterocycles. The van der Waals surface area contributed by atoms with Crippen molar-refractivity contribution in [3.05, 3.63) is 30.0 Å². The normalized spacial score (nSPS) is 11.3. The minimum absolute atomic E-state index is 0.0469. The maximum absolute atomic E-state index is 11.6. The summed E-state index contributed by atoms with van der Waals surface area (Å²) in [6.07, 6.45) is 1.07. The highest BCUT2D eigenvalue weighted by atomic mass is 32.2. The lowest BCUT2D eigenvalue weighted by Crippen LogP contribution is -2.00. The molecule has 0 spiro atoms. The smallest absolute Gasteiger partial charge is 0.374 e. The third-order valence-corrected chi connectivity index (χ3v) is 3.72. The third-order valence-electron chi connectivity index (χ3n) is 2.58. The number of hydrogen-bond donors (Lipinski definition) is 1. The maximum atomic E-state index is 11.6. The fraction of sp³-hybridized carbons (Fsp3) is 0.167. The number of rotatable bonds is 4. The second kappa shape index (κ2) is 4.97. The van der Waals surface area contributed by atoms with Gasteiger partial charge in [-0.1, -0.05) is 11.2 Å². The molecule has 0 bridgehead atoms. The van der Waals surface area contributed by atoms with Crippen LogP contribution in [0, 0.1) is 0 Å².